The van der Waals surface area contributed by atoms with E-state index in [0.717, 1.165) is 49.8 Å². The molecule has 2 fully saturated rings. The molecule has 3 atom stereocenters. The van der Waals surface area contributed by atoms with Gasteiger partial charge in [0, 0.05) is 25.5 Å². The van der Waals surface area contributed by atoms with Crippen LogP contribution in [0.25, 0.3) is 0 Å². The molecule has 4 rings (SSSR count). The Balaban J connectivity index is 1.55. The monoisotopic (exact) mass is 328 g/mol. The third-order valence-corrected chi connectivity index (χ3v) is 5.07. The molecule has 0 saturated carbocycles. The number of aromatic nitrogens is 2. The molecule has 2 aromatic rings. The van der Waals surface area contributed by atoms with Crippen LogP contribution in [0.2, 0.25) is 0 Å². The number of nitrogens with zero attached hydrogens (tertiary/aromatic N) is 4. The van der Waals surface area contributed by atoms with Crippen LogP contribution in [0, 0.1) is 6.92 Å². The minimum atomic E-state index is 0.198. The van der Waals surface area contributed by atoms with Crippen molar-refractivity contribution in [1.82, 2.24) is 14.9 Å². The molecule has 0 spiro atoms. The van der Waals surface area contributed by atoms with E-state index in [1.54, 1.807) is 6.26 Å². The molecule has 2 saturated heterocycles. The normalized spacial score (nSPS) is 26.8. The summed E-state index contributed by atoms with van der Waals surface area (Å²) in [6, 6.07) is 4.62. The van der Waals surface area contributed by atoms with Crippen molar-refractivity contribution in [2.75, 3.05) is 25.1 Å². The Morgan fingerprint density at radius 2 is 2.17 bits per heavy atom. The zero-order valence-electron chi connectivity index (χ0n) is 14.3. The molecular formula is C18H24N4O2. The average molecular weight is 328 g/mol. The second-order valence-corrected chi connectivity index (χ2v) is 6.82. The average Bonchev–Trinajstić information content (AvgIpc) is 3.23. The first-order valence-electron chi connectivity index (χ1n) is 8.62. The van der Waals surface area contributed by atoms with Gasteiger partial charge in [0.25, 0.3) is 0 Å². The Bertz CT molecular complexity index is 658. The van der Waals surface area contributed by atoms with E-state index in [4.69, 9.17) is 9.15 Å². The molecule has 0 aromatic carbocycles. The maximum Gasteiger partial charge on any atom is 0.225 e. The molecule has 0 bridgehead atoms. The van der Waals surface area contributed by atoms with E-state index in [0.29, 0.717) is 12.1 Å². The van der Waals surface area contributed by atoms with E-state index < -0.39 is 0 Å². The molecule has 0 radical (unpaired) electrons. The number of furan rings is 1. The molecule has 2 aliphatic heterocycles. The van der Waals surface area contributed by atoms with Gasteiger partial charge >= 0.3 is 0 Å². The van der Waals surface area contributed by atoms with Gasteiger partial charge in [0.1, 0.15) is 5.76 Å². The second-order valence-electron chi connectivity index (χ2n) is 6.82. The maximum atomic E-state index is 6.16. The van der Waals surface area contributed by atoms with E-state index >= 15 is 0 Å². The molecule has 2 unspecified atom stereocenters. The topological polar surface area (TPSA) is 54.6 Å². The largest absolute Gasteiger partial charge is 0.468 e. The lowest BCUT2D eigenvalue weighted by Gasteiger charge is -2.34. The van der Waals surface area contributed by atoms with E-state index in [9.17, 15) is 0 Å². The molecule has 6 nitrogen and oxygen atoms in total. The SMILES string of the molecule is Cc1cnc(N2C[C@H](N(C)Cc3ccco3)C3OCCCC32)nc1. The van der Waals surface area contributed by atoms with Crippen molar-refractivity contribution in [2.45, 2.75) is 44.5 Å². The van der Waals surface area contributed by atoms with Gasteiger partial charge in [0.05, 0.1) is 31.0 Å². The lowest BCUT2D eigenvalue weighted by atomic mass is 10.0. The van der Waals surface area contributed by atoms with Crippen molar-refractivity contribution in [1.29, 1.82) is 0 Å². The third kappa shape index (κ3) is 2.91. The number of likely N-dealkylation sites (N-methyl/N-ethyl adjacent to an activating group) is 1. The molecule has 128 valence electrons. The molecule has 0 amide bonds. The molecule has 24 heavy (non-hydrogen) atoms. The Hall–Kier alpha value is -1.92. The summed E-state index contributed by atoms with van der Waals surface area (Å²) in [6.07, 6.45) is 7.93. The van der Waals surface area contributed by atoms with Gasteiger partial charge in [-0.05, 0) is 44.5 Å². The second kappa shape index (κ2) is 6.53. The van der Waals surface area contributed by atoms with Crippen molar-refractivity contribution >= 4 is 5.95 Å². The standard InChI is InChI=1S/C18H24N4O2/c1-13-9-19-18(20-10-13)22-12-16(17-15(22)6-4-8-24-17)21(2)11-14-5-3-7-23-14/h3,5,7,9-10,15-17H,4,6,8,11-12H2,1-2H3/t15?,16-,17?/m0/s1. The van der Waals surface area contributed by atoms with E-state index in [1.807, 2.05) is 31.5 Å². The zero-order chi connectivity index (χ0) is 16.5. The fourth-order valence-corrected chi connectivity index (χ4v) is 3.85. The minimum Gasteiger partial charge on any atom is -0.468 e. The van der Waals surface area contributed by atoms with Crippen LogP contribution in [-0.2, 0) is 11.3 Å². The van der Waals surface area contributed by atoms with Crippen molar-refractivity contribution in [3.05, 3.63) is 42.1 Å². The van der Waals surface area contributed by atoms with E-state index in [-0.39, 0.29) is 6.10 Å². The summed E-state index contributed by atoms with van der Waals surface area (Å²) >= 11 is 0. The number of aryl methyl sites for hydroxylation is 1. The first-order chi connectivity index (χ1) is 11.7. The van der Waals surface area contributed by atoms with Gasteiger partial charge in [0.15, 0.2) is 0 Å². The molecule has 0 aliphatic carbocycles. The summed E-state index contributed by atoms with van der Waals surface area (Å²) in [5.41, 5.74) is 1.08. The van der Waals surface area contributed by atoms with Gasteiger partial charge in [-0.15, -0.1) is 0 Å². The van der Waals surface area contributed by atoms with Crippen LogP contribution in [0.4, 0.5) is 5.95 Å². The van der Waals surface area contributed by atoms with Crippen LogP contribution >= 0.6 is 0 Å². The minimum absolute atomic E-state index is 0.198. The predicted octanol–water partition coefficient (Wildman–Crippen LogP) is 2.25. The van der Waals surface area contributed by atoms with E-state index in [1.165, 1.54) is 0 Å². The van der Waals surface area contributed by atoms with E-state index in [2.05, 4.69) is 26.8 Å². The highest BCUT2D eigenvalue weighted by atomic mass is 16.5. The van der Waals surface area contributed by atoms with Crippen LogP contribution in [0.15, 0.2) is 35.2 Å². The Labute approximate surface area is 142 Å². The van der Waals surface area contributed by atoms with Crippen LogP contribution in [0.5, 0.6) is 0 Å². The molecular weight excluding hydrogens is 304 g/mol. The fraction of sp³-hybridized carbons (Fsp3) is 0.556. The summed E-state index contributed by atoms with van der Waals surface area (Å²) in [7, 11) is 2.14. The van der Waals surface area contributed by atoms with Crippen LogP contribution in [-0.4, -0.2) is 53.3 Å². The number of hydrogen-bond acceptors (Lipinski definition) is 6. The first-order valence-corrected chi connectivity index (χ1v) is 8.62. The van der Waals surface area contributed by atoms with Gasteiger partial charge in [-0.3, -0.25) is 4.90 Å². The van der Waals surface area contributed by atoms with Gasteiger partial charge in [-0.25, -0.2) is 9.97 Å². The van der Waals surface area contributed by atoms with Gasteiger partial charge in [-0.2, -0.15) is 0 Å². The van der Waals surface area contributed by atoms with Crippen molar-refractivity contribution in [2.24, 2.45) is 0 Å². The lowest BCUT2D eigenvalue weighted by molar-refractivity contribution is -0.0256. The first kappa shape index (κ1) is 15.6. The number of hydrogen-bond donors (Lipinski definition) is 0. The Morgan fingerprint density at radius 3 is 2.92 bits per heavy atom. The highest BCUT2D eigenvalue weighted by Gasteiger charge is 2.46. The van der Waals surface area contributed by atoms with Gasteiger partial charge < -0.3 is 14.1 Å². The highest BCUT2D eigenvalue weighted by Crippen LogP contribution is 2.33. The smallest absolute Gasteiger partial charge is 0.225 e. The molecule has 2 aromatic heterocycles. The Morgan fingerprint density at radius 1 is 1.33 bits per heavy atom. The third-order valence-electron chi connectivity index (χ3n) is 5.07. The number of ether oxygens (including phenoxy) is 1. The number of rotatable bonds is 4. The summed E-state index contributed by atoms with van der Waals surface area (Å²) in [5, 5.41) is 0. The van der Waals surface area contributed by atoms with Gasteiger partial charge in [0.2, 0.25) is 5.95 Å². The van der Waals surface area contributed by atoms with Crippen LogP contribution in [0.1, 0.15) is 24.2 Å². The summed E-state index contributed by atoms with van der Waals surface area (Å²) < 4.78 is 11.7. The lowest BCUT2D eigenvalue weighted by Crippen LogP contribution is -2.46. The van der Waals surface area contributed by atoms with Crippen molar-refractivity contribution < 1.29 is 9.15 Å². The van der Waals surface area contributed by atoms with Crippen LogP contribution < -0.4 is 4.90 Å². The maximum absolute atomic E-state index is 6.16. The zero-order valence-corrected chi connectivity index (χ0v) is 14.3. The number of fused-ring (bicyclic) bond motifs is 1. The number of anilines is 1. The Kier molecular flexibility index (Phi) is 4.24. The molecule has 0 N–H and O–H groups in total. The fourth-order valence-electron chi connectivity index (χ4n) is 3.85. The summed E-state index contributed by atoms with van der Waals surface area (Å²) in [6.45, 7) is 4.53. The summed E-state index contributed by atoms with van der Waals surface area (Å²) in [5.74, 6) is 1.80. The predicted molar refractivity (Wildman–Crippen MR) is 90.8 cm³/mol. The molecule has 4 heterocycles. The summed E-state index contributed by atoms with van der Waals surface area (Å²) in [4.78, 5) is 13.7. The molecule has 6 heteroatoms. The van der Waals surface area contributed by atoms with Crippen molar-refractivity contribution in [3.8, 4) is 0 Å². The van der Waals surface area contributed by atoms with Crippen molar-refractivity contribution in [3.63, 3.8) is 0 Å². The molecule has 2 aliphatic rings. The van der Waals surface area contributed by atoms with Gasteiger partial charge in [-0.1, -0.05) is 0 Å². The quantitative estimate of drug-likeness (QED) is 0.858. The highest BCUT2D eigenvalue weighted by molar-refractivity contribution is 5.37. The van der Waals surface area contributed by atoms with Crippen LogP contribution in [0.3, 0.4) is 0 Å².